The minimum atomic E-state index is -0.585. The first-order chi connectivity index (χ1) is 5.61. The Balaban J connectivity index is 2.89. The van der Waals surface area contributed by atoms with Crippen LogP contribution in [0.3, 0.4) is 0 Å². The smallest absolute Gasteiger partial charge is 0.151 e. The van der Waals surface area contributed by atoms with Gasteiger partial charge in [0.2, 0.25) is 0 Å². The van der Waals surface area contributed by atoms with E-state index >= 15 is 0 Å². The number of rotatable bonds is 2. The number of carbonyl (C=O) groups excluding carboxylic acids is 1. The molecule has 0 aromatic carbocycles. The predicted molar refractivity (Wildman–Crippen MR) is 46.3 cm³/mol. The highest BCUT2D eigenvalue weighted by Gasteiger charge is 2.10. The molecule has 1 heterocycles. The van der Waals surface area contributed by atoms with Gasteiger partial charge in [-0.3, -0.25) is 4.79 Å². The first kappa shape index (κ1) is 8.67. The molecule has 1 rings (SSSR count). The zero-order chi connectivity index (χ0) is 9.14. The van der Waals surface area contributed by atoms with Gasteiger partial charge in [0.15, 0.2) is 5.78 Å². The summed E-state index contributed by atoms with van der Waals surface area (Å²) in [6.07, 6.45) is 1.52. The molecular formula is C8H11N3O. The number of carbonyl (C=O) groups is 1. The molecule has 0 aliphatic carbocycles. The lowest BCUT2D eigenvalue weighted by Gasteiger charge is -2.06. The molecule has 4 nitrogen and oxygen atoms in total. The standard InChI is InChI=1S/C8H11N3O/c1-5(12)8(10)6-2-3-7(9)11-4-6/h2-4,8H,10H2,1H3,(H2,9,11). The van der Waals surface area contributed by atoms with Crippen LogP contribution in [0.5, 0.6) is 0 Å². The number of nitrogens with two attached hydrogens (primary N) is 2. The number of hydrogen-bond donors (Lipinski definition) is 2. The van der Waals surface area contributed by atoms with Gasteiger partial charge in [0, 0.05) is 6.20 Å². The van der Waals surface area contributed by atoms with E-state index in [4.69, 9.17) is 11.5 Å². The van der Waals surface area contributed by atoms with E-state index in [2.05, 4.69) is 4.98 Å². The molecule has 0 fully saturated rings. The number of nitrogens with zero attached hydrogens (tertiary/aromatic N) is 1. The van der Waals surface area contributed by atoms with Gasteiger partial charge in [-0.1, -0.05) is 6.07 Å². The van der Waals surface area contributed by atoms with E-state index in [9.17, 15) is 4.79 Å². The molecule has 64 valence electrons. The quantitative estimate of drug-likeness (QED) is 0.658. The van der Waals surface area contributed by atoms with E-state index in [1.165, 1.54) is 13.1 Å². The lowest BCUT2D eigenvalue weighted by molar-refractivity contribution is -0.118. The van der Waals surface area contributed by atoms with E-state index in [1.54, 1.807) is 12.1 Å². The Bertz CT molecular complexity index is 281. The van der Waals surface area contributed by atoms with Gasteiger partial charge in [-0.2, -0.15) is 0 Å². The van der Waals surface area contributed by atoms with E-state index in [0.29, 0.717) is 11.4 Å². The van der Waals surface area contributed by atoms with Crippen molar-refractivity contribution in [1.29, 1.82) is 0 Å². The fourth-order valence-corrected chi connectivity index (χ4v) is 0.835. The zero-order valence-corrected chi connectivity index (χ0v) is 6.82. The molecule has 0 saturated heterocycles. The van der Waals surface area contributed by atoms with Crippen LogP contribution in [0, 0.1) is 0 Å². The van der Waals surface area contributed by atoms with Crippen molar-refractivity contribution in [1.82, 2.24) is 4.98 Å². The Morgan fingerprint density at radius 1 is 1.58 bits per heavy atom. The topological polar surface area (TPSA) is 82.0 Å². The van der Waals surface area contributed by atoms with Gasteiger partial charge in [0.25, 0.3) is 0 Å². The van der Waals surface area contributed by atoms with Crippen LogP contribution in [0.2, 0.25) is 0 Å². The van der Waals surface area contributed by atoms with Crippen molar-refractivity contribution >= 4 is 11.6 Å². The number of aromatic nitrogens is 1. The summed E-state index contributed by atoms with van der Waals surface area (Å²) in [5.74, 6) is 0.344. The Morgan fingerprint density at radius 3 is 2.67 bits per heavy atom. The molecule has 0 bridgehead atoms. The lowest BCUT2D eigenvalue weighted by Crippen LogP contribution is -2.18. The third-order valence-corrected chi connectivity index (χ3v) is 1.61. The molecule has 0 aliphatic rings. The van der Waals surface area contributed by atoms with Crippen molar-refractivity contribution in [2.24, 2.45) is 5.73 Å². The molecule has 0 spiro atoms. The summed E-state index contributed by atoms with van der Waals surface area (Å²) in [5, 5.41) is 0. The minimum Gasteiger partial charge on any atom is -0.384 e. The van der Waals surface area contributed by atoms with E-state index in [0.717, 1.165) is 0 Å². The average Bonchev–Trinajstić information content (AvgIpc) is 2.04. The molecule has 1 atom stereocenters. The maximum Gasteiger partial charge on any atom is 0.151 e. The van der Waals surface area contributed by atoms with Crippen LogP contribution >= 0.6 is 0 Å². The summed E-state index contributed by atoms with van der Waals surface area (Å²) in [6.45, 7) is 1.45. The number of pyridine rings is 1. The SMILES string of the molecule is CC(=O)C(N)c1ccc(N)nc1. The van der Waals surface area contributed by atoms with Gasteiger partial charge in [-0.25, -0.2) is 4.98 Å². The fourth-order valence-electron chi connectivity index (χ4n) is 0.835. The molecule has 0 saturated carbocycles. The molecule has 4 N–H and O–H groups in total. The predicted octanol–water partition coefficient (Wildman–Crippen LogP) is 0.253. The second-order valence-electron chi connectivity index (χ2n) is 2.60. The average molecular weight is 165 g/mol. The van der Waals surface area contributed by atoms with E-state index < -0.39 is 6.04 Å². The normalized spacial score (nSPS) is 12.5. The summed E-state index contributed by atoms with van der Waals surface area (Å²) in [7, 11) is 0. The van der Waals surface area contributed by atoms with Gasteiger partial charge < -0.3 is 11.5 Å². The summed E-state index contributed by atoms with van der Waals surface area (Å²) in [6, 6.07) is 2.74. The lowest BCUT2D eigenvalue weighted by atomic mass is 10.1. The molecule has 12 heavy (non-hydrogen) atoms. The van der Waals surface area contributed by atoms with Crippen LogP contribution in [-0.4, -0.2) is 10.8 Å². The molecule has 1 unspecified atom stereocenters. The summed E-state index contributed by atoms with van der Waals surface area (Å²) in [4.78, 5) is 14.7. The molecule has 0 aliphatic heterocycles. The van der Waals surface area contributed by atoms with Crippen LogP contribution in [0.1, 0.15) is 18.5 Å². The van der Waals surface area contributed by atoms with Gasteiger partial charge in [-0.05, 0) is 18.6 Å². The fraction of sp³-hybridized carbons (Fsp3) is 0.250. The maximum atomic E-state index is 10.8. The maximum absolute atomic E-state index is 10.8. The van der Waals surface area contributed by atoms with Crippen molar-refractivity contribution in [2.45, 2.75) is 13.0 Å². The van der Waals surface area contributed by atoms with Gasteiger partial charge in [-0.15, -0.1) is 0 Å². The van der Waals surface area contributed by atoms with Crippen LogP contribution < -0.4 is 11.5 Å². The molecule has 4 heteroatoms. The van der Waals surface area contributed by atoms with Crippen molar-refractivity contribution in [3.63, 3.8) is 0 Å². The number of hydrogen-bond acceptors (Lipinski definition) is 4. The second-order valence-corrected chi connectivity index (χ2v) is 2.60. The van der Waals surface area contributed by atoms with Gasteiger partial charge in [0.1, 0.15) is 5.82 Å². The highest BCUT2D eigenvalue weighted by Crippen LogP contribution is 2.10. The summed E-state index contributed by atoms with van der Waals surface area (Å²) >= 11 is 0. The Morgan fingerprint density at radius 2 is 2.25 bits per heavy atom. The Kier molecular flexibility index (Phi) is 2.40. The number of Topliss-reactive ketones (excluding diaryl/α,β-unsaturated/α-hetero) is 1. The first-order valence-corrected chi connectivity index (χ1v) is 3.58. The third-order valence-electron chi connectivity index (χ3n) is 1.61. The van der Waals surface area contributed by atoms with Crippen molar-refractivity contribution in [3.8, 4) is 0 Å². The Labute approximate surface area is 70.6 Å². The largest absolute Gasteiger partial charge is 0.384 e. The number of anilines is 1. The van der Waals surface area contributed by atoms with Crippen molar-refractivity contribution in [3.05, 3.63) is 23.9 Å². The van der Waals surface area contributed by atoms with E-state index in [1.807, 2.05) is 0 Å². The van der Waals surface area contributed by atoms with E-state index in [-0.39, 0.29) is 5.78 Å². The van der Waals surface area contributed by atoms with Gasteiger partial charge in [0.05, 0.1) is 6.04 Å². The summed E-state index contributed by atoms with van der Waals surface area (Å²) in [5.41, 5.74) is 11.6. The third kappa shape index (κ3) is 1.79. The van der Waals surface area contributed by atoms with Crippen molar-refractivity contribution < 1.29 is 4.79 Å². The highest BCUT2D eigenvalue weighted by atomic mass is 16.1. The molecule has 1 aromatic heterocycles. The Hall–Kier alpha value is -1.42. The molecular weight excluding hydrogens is 154 g/mol. The molecule has 1 aromatic rings. The molecule has 0 amide bonds. The zero-order valence-electron chi connectivity index (χ0n) is 6.82. The van der Waals surface area contributed by atoms with Crippen LogP contribution in [0.25, 0.3) is 0 Å². The van der Waals surface area contributed by atoms with Crippen LogP contribution in [0.15, 0.2) is 18.3 Å². The first-order valence-electron chi connectivity index (χ1n) is 3.58. The van der Waals surface area contributed by atoms with Crippen LogP contribution in [-0.2, 0) is 4.79 Å². The minimum absolute atomic E-state index is 0.0819. The number of nitrogen functional groups attached to an aromatic ring is 1. The van der Waals surface area contributed by atoms with Gasteiger partial charge >= 0.3 is 0 Å². The number of ketones is 1. The summed E-state index contributed by atoms with van der Waals surface area (Å²) < 4.78 is 0. The second kappa shape index (κ2) is 3.32. The highest BCUT2D eigenvalue weighted by molar-refractivity contribution is 5.82. The molecule has 0 radical (unpaired) electrons. The van der Waals surface area contributed by atoms with Crippen LogP contribution in [0.4, 0.5) is 5.82 Å². The monoisotopic (exact) mass is 165 g/mol. The van der Waals surface area contributed by atoms with Crippen molar-refractivity contribution in [2.75, 3.05) is 5.73 Å².